The molecule has 2 aliphatic carbocycles. The quantitative estimate of drug-likeness (QED) is 0.0678. The van der Waals surface area contributed by atoms with Crippen LogP contribution >= 0.6 is 18.9 Å². The van der Waals surface area contributed by atoms with E-state index in [0.29, 0.717) is 48.7 Å². The Morgan fingerprint density at radius 1 is 0.942 bits per heavy atom. The van der Waals surface area contributed by atoms with E-state index in [-0.39, 0.29) is 83.5 Å². The van der Waals surface area contributed by atoms with Crippen molar-refractivity contribution < 1.29 is 50.6 Å². The highest BCUT2D eigenvalue weighted by Gasteiger charge is 2.59. The number of halogens is 4. The second kappa shape index (κ2) is 19.8. The topological polar surface area (TPSA) is 138 Å². The predicted octanol–water partition coefficient (Wildman–Crippen LogP) is 9.90. The summed E-state index contributed by atoms with van der Waals surface area (Å²) in [4.78, 5) is 62.7. The van der Waals surface area contributed by atoms with E-state index >= 15 is 4.39 Å². The van der Waals surface area contributed by atoms with Gasteiger partial charge in [-0.3, -0.25) is 23.7 Å². The molecule has 69 heavy (non-hydrogen) atoms. The van der Waals surface area contributed by atoms with Crippen molar-refractivity contribution in [2.24, 2.45) is 5.92 Å². The molecular weight excluding hydrogens is 934 g/mol. The third-order valence-electron chi connectivity index (χ3n) is 15.2. The number of likely N-dealkylation sites (tertiary alicyclic amines) is 1. The van der Waals surface area contributed by atoms with Crippen LogP contribution in [0.4, 0.5) is 17.6 Å². The van der Waals surface area contributed by atoms with E-state index in [1.54, 1.807) is 35.2 Å². The number of esters is 1. The van der Waals surface area contributed by atoms with Crippen LogP contribution in [-0.2, 0) is 23.7 Å². The fourth-order valence-corrected chi connectivity index (χ4v) is 13.9. The number of carbonyl (C=O) groups excluding carboxylic acids is 4. The fraction of sp³-hybridized carbons (Fsp3) is 0.529. The number of hydrogen-bond acceptors (Lipinski definition) is 9. The lowest BCUT2D eigenvalue weighted by atomic mass is 9.77. The van der Waals surface area contributed by atoms with Crippen LogP contribution < -0.4 is 14.9 Å². The third-order valence-corrected chi connectivity index (χ3v) is 18.4. The highest BCUT2D eigenvalue weighted by atomic mass is 32.1. The standard InChI is InChI=1S/C51H60F4N5O7PS/c1-4-23-66-49(64)31(2)57-68(65,67-40-13-9-6-10-14-40)45(52)33-15-20-43-34(24-33)25-44(69-43)46(61)56-41-18-16-37(58(3)39-26-36(27-39)51(53,54)55)28-38-17-19-42(60(38)47(41)62)48(63)59-30-35(29-50(59)21-22-50)32-11-7-5-8-12-32/h5-15,20,24-25,31,35-39,41-42,45H,4,16-19,21-23,26-30H2,1-3H3,(H,56,61)(H,57,65)/t31-,35+,36?,37-,38+,39?,41-,42-,45+,68-/m0/s1. The molecule has 3 saturated heterocycles. The number of benzene rings is 3. The van der Waals surface area contributed by atoms with Gasteiger partial charge in [-0.1, -0.05) is 61.5 Å². The first kappa shape index (κ1) is 49.2. The zero-order chi connectivity index (χ0) is 48.8. The van der Waals surface area contributed by atoms with Crippen molar-refractivity contribution in [2.75, 3.05) is 20.2 Å². The van der Waals surface area contributed by atoms with Gasteiger partial charge in [-0.05, 0) is 131 Å². The van der Waals surface area contributed by atoms with Gasteiger partial charge in [-0.15, -0.1) is 11.3 Å². The summed E-state index contributed by atoms with van der Waals surface area (Å²) in [6.07, 6.45) is 1.11. The smallest absolute Gasteiger partial charge is 0.391 e. The van der Waals surface area contributed by atoms with Crippen LogP contribution in [0, 0.1) is 5.92 Å². The van der Waals surface area contributed by atoms with E-state index in [2.05, 4.69) is 22.5 Å². The fourth-order valence-electron chi connectivity index (χ4n) is 11.1. The first-order valence-corrected chi connectivity index (χ1v) is 26.7. The molecule has 370 valence electrons. The maximum atomic E-state index is 16.7. The summed E-state index contributed by atoms with van der Waals surface area (Å²) in [7, 11) is -2.67. The zero-order valence-corrected chi connectivity index (χ0v) is 40.7. The maximum Gasteiger partial charge on any atom is 0.391 e. The Labute approximate surface area is 403 Å². The van der Waals surface area contributed by atoms with Crippen molar-refractivity contribution in [1.29, 1.82) is 0 Å². The number of nitrogens with one attached hydrogen (secondary N) is 2. The van der Waals surface area contributed by atoms with E-state index in [4.69, 9.17) is 9.26 Å². The normalized spacial score (nSPS) is 27.2. The van der Waals surface area contributed by atoms with E-state index in [9.17, 15) is 36.9 Å². The Bertz CT molecular complexity index is 2580. The molecule has 9 rings (SSSR count). The Kier molecular flexibility index (Phi) is 14.1. The molecule has 5 fully saturated rings. The SMILES string of the molecule is CCCOC(=O)[C@H](C)N[P@@](=O)(Oc1ccccc1)[C@@H](F)c1ccc2sc(C(=O)N[C@H]3CC[C@H](N(C)C4CC(C(F)(F)F)C4)C[C@H]4CC[C@@H](C(=O)N5C[C@H](c6ccccc6)CC56CC6)N4C3=O)cc2c1. The second-order valence-corrected chi connectivity index (χ2v) is 22.9. The van der Waals surface area contributed by atoms with Gasteiger partial charge in [-0.25, -0.2) is 9.48 Å². The number of ether oxygens (including phenoxy) is 1. The Morgan fingerprint density at radius 3 is 2.33 bits per heavy atom. The maximum absolute atomic E-state index is 16.7. The van der Waals surface area contributed by atoms with Gasteiger partial charge in [0.1, 0.15) is 23.9 Å². The second-order valence-electron chi connectivity index (χ2n) is 19.8. The van der Waals surface area contributed by atoms with Gasteiger partial charge >= 0.3 is 19.7 Å². The lowest BCUT2D eigenvalue weighted by molar-refractivity contribution is -0.207. The van der Waals surface area contributed by atoms with Crippen LogP contribution in [0.2, 0.25) is 0 Å². The van der Waals surface area contributed by atoms with Gasteiger partial charge in [0, 0.05) is 40.8 Å². The van der Waals surface area contributed by atoms with Crippen molar-refractivity contribution in [3.8, 4) is 5.75 Å². The number of para-hydroxylation sites is 1. The summed E-state index contributed by atoms with van der Waals surface area (Å²) < 4.78 is 83.6. The van der Waals surface area contributed by atoms with E-state index in [0.717, 1.165) is 30.6 Å². The molecule has 4 aromatic rings. The van der Waals surface area contributed by atoms with Gasteiger partial charge in [0.15, 0.2) is 0 Å². The largest absolute Gasteiger partial charge is 0.465 e. The summed E-state index contributed by atoms with van der Waals surface area (Å²) in [5, 5.41) is 6.04. The van der Waals surface area contributed by atoms with E-state index < -0.39 is 55.5 Å². The van der Waals surface area contributed by atoms with Crippen LogP contribution in [0.1, 0.15) is 117 Å². The van der Waals surface area contributed by atoms with Crippen LogP contribution in [0.25, 0.3) is 10.1 Å². The average molecular weight is 994 g/mol. The summed E-state index contributed by atoms with van der Waals surface area (Å²) in [5.74, 6) is -5.01. The number of alkyl halides is 4. The monoisotopic (exact) mass is 993 g/mol. The average Bonchev–Trinajstić information content (AvgIpc) is 3.59. The minimum atomic E-state index is -4.52. The van der Waals surface area contributed by atoms with Gasteiger partial charge in [0.25, 0.3) is 5.91 Å². The van der Waals surface area contributed by atoms with Crippen LogP contribution in [-0.4, -0.2) is 107 Å². The molecule has 2 N–H and O–H groups in total. The Balaban J connectivity index is 0.956. The molecule has 3 aliphatic heterocycles. The van der Waals surface area contributed by atoms with Crippen molar-refractivity contribution in [3.05, 3.63) is 101 Å². The number of thiophene rings is 1. The van der Waals surface area contributed by atoms with E-state index in [1.807, 2.05) is 42.0 Å². The molecule has 0 unspecified atom stereocenters. The van der Waals surface area contributed by atoms with Gasteiger partial charge in [-0.2, -0.15) is 13.2 Å². The molecule has 4 heterocycles. The first-order valence-electron chi connectivity index (χ1n) is 24.2. The molecule has 12 nitrogen and oxygen atoms in total. The molecule has 2 saturated carbocycles. The van der Waals surface area contributed by atoms with Crippen LogP contribution in [0.3, 0.4) is 0 Å². The highest BCUT2D eigenvalue weighted by Crippen LogP contribution is 2.58. The van der Waals surface area contributed by atoms with Crippen molar-refractivity contribution in [2.45, 2.75) is 144 Å². The van der Waals surface area contributed by atoms with Crippen molar-refractivity contribution >= 4 is 52.6 Å². The van der Waals surface area contributed by atoms with Gasteiger partial charge < -0.3 is 29.3 Å². The molecular formula is C51H60F4N5O7PS. The number of rotatable bonds is 15. The molecule has 3 amide bonds. The first-order chi connectivity index (χ1) is 33.0. The summed E-state index contributed by atoms with van der Waals surface area (Å²) >= 11 is 1.13. The number of nitrogens with zero attached hydrogens (tertiary/aromatic N) is 3. The Morgan fingerprint density at radius 2 is 1.65 bits per heavy atom. The molecule has 0 radical (unpaired) electrons. The van der Waals surface area contributed by atoms with Gasteiger partial charge in [0.05, 0.1) is 17.4 Å². The van der Waals surface area contributed by atoms with Crippen LogP contribution in [0.5, 0.6) is 5.75 Å². The summed E-state index contributed by atoms with van der Waals surface area (Å²) in [6, 6.07) is 20.5. The molecule has 18 heteroatoms. The van der Waals surface area contributed by atoms with Crippen molar-refractivity contribution in [3.63, 3.8) is 0 Å². The number of carbonyl (C=O) groups is 4. The lowest BCUT2D eigenvalue weighted by Gasteiger charge is -2.47. The molecule has 3 aromatic carbocycles. The summed E-state index contributed by atoms with van der Waals surface area (Å²) in [5.41, 5.74) is 0.905. The molecule has 0 bridgehead atoms. The number of hydrogen-bond donors (Lipinski definition) is 2. The number of fused-ring (bicyclic) bond motifs is 2. The van der Waals surface area contributed by atoms with Crippen LogP contribution in [0.15, 0.2) is 84.9 Å². The minimum absolute atomic E-state index is 0.00241. The predicted molar refractivity (Wildman–Crippen MR) is 255 cm³/mol. The van der Waals surface area contributed by atoms with E-state index in [1.165, 1.54) is 36.8 Å². The molecule has 8 atom stereocenters. The zero-order valence-electron chi connectivity index (χ0n) is 39.0. The molecule has 1 aromatic heterocycles. The Hall–Kier alpha value is -4.83. The minimum Gasteiger partial charge on any atom is -0.465 e. The van der Waals surface area contributed by atoms with Crippen molar-refractivity contribution in [1.82, 2.24) is 25.1 Å². The highest BCUT2D eigenvalue weighted by molar-refractivity contribution is 7.57. The molecule has 5 aliphatic rings. The summed E-state index contributed by atoms with van der Waals surface area (Å²) in [6.45, 7) is 3.93. The third kappa shape index (κ3) is 10.2. The molecule has 1 spiro atoms. The van der Waals surface area contributed by atoms with Gasteiger partial charge in [0.2, 0.25) is 17.7 Å². The number of amides is 3. The lowest BCUT2D eigenvalue weighted by Crippen LogP contribution is -2.60.